The van der Waals surface area contributed by atoms with Crippen molar-refractivity contribution in [2.45, 2.75) is 25.5 Å². The molecule has 0 bridgehead atoms. The largest absolute Gasteiger partial charge is 0.396 e. The summed E-state index contributed by atoms with van der Waals surface area (Å²) in [6, 6.07) is 7.82. The van der Waals surface area contributed by atoms with Crippen molar-refractivity contribution in [3.05, 3.63) is 34.3 Å². The number of aliphatic hydroxyl groups excluding tert-OH is 1. The number of thiocyanates is 1. The van der Waals surface area contributed by atoms with E-state index in [4.69, 9.17) is 10.4 Å². The molecule has 0 aliphatic rings. The minimum atomic E-state index is 0.0579. The maximum absolute atomic E-state index is 8.86. The Labute approximate surface area is 110 Å². The van der Waals surface area contributed by atoms with E-state index in [1.165, 1.54) is 11.8 Å². The minimum Gasteiger partial charge on any atom is -0.396 e. The Hall–Kier alpha value is -0.500. The molecule has 88 valence electrons. The zero-order valence-corrected chi connectivity index (χ0v) is 11.9. The molecule has 0 aliphatic carbocycles. The first-order valence-corrected chi connectivity index (χ1v) is 6.86. The molecule has 16 heavy (non-hydrogen) atoms. The summed E-state index contributed by atoms with van der Waals surface area (Å²) in [5.74, 6) is 0. The smallest absolute Gasteiger partial charge is 0.133 e. The van der Waals surface area contributed by atoms with E-state index in [1.54, 1.807) is 0 Å². The highest BCUT2D eigenvalue weighted by Crippen LogP contribution is 2.32. The molecule has 2 nitrogen and oxygen atoms in total. The summed E-state index contributed by atoms with van der Waals surface area (Å²) >= 11 is 4.57. The number of benzene rings is 1. The van der Waals surface area contributed by atoms with Gasteiger partial charge in [-0.3, -0.25) is 0 Å². The lowest BCUT2D eigenvalue weighted by atomic mass is 10.1. The molecule has 1 unspecified atom stereocenters. The maximum atomic E-state index is 8.86. The molecule has 1 atom stereocenters. The van der Waals surface area contributed by atoms with Gasteiger partial charge in [-0.2, -0.15) is 5.26 Å². The van der Waals surface area contributed by atoms with Gasteiger partial charge >= 0.3 is 0 Å². The Balaban J connectivity index is 0.00000106. The molecule has 1 N–H and O–H groups in total. The summed E-state index contributed by atoms with van der Waals surface area (Å²) in [5, 5.41) is 19.6. The van der Waals surface area contributed by atoms with Crippen LogP contribution in [0, 0.1) is 10.7 Å². The average Bonchev–Trinajstić information content (AvgIpc) is 2.31. The molecule has 0 aromatic heterocycles. The van der Waals surface area contributed by atoms with Crippen molar-refractivity contribution in [3.63, 3.8) is 0 Å². The van der Waals surface area contributed by atoms with Gasteiger partial charge in [0.05, 0.1) is 0 Å². The molecule has 1 aromatic rings. The number of hydrogen-bond acceptors (Lipinski definition) is 3. The van der Waals surface area contributed by atoms with Crippen molar-refractivity contribution in [1.29, 1.82) is 5.26 Å². The van der Waals surface area contributed by atoms with Crippen LogP contribution in [0.1, 0.15) is 31.1 Å². The highest BCUT2D eigenvalue weighted by molar-refractivity contribution is 9.10. The van der Waals surface area contributed by atoms with Crippen LogP contribution in [0.25, 0.3) is 0 Å². The molecule has 0 saturated carbocycles. The van der Waals surface area contributed by atoms with Crippen LogP contribution in [0.5, 0.6) is 0 Å². The highest BCUT2D eigenvalue weighted by Gasteiger charge is 2.11. The molecule has 0 radical (unpaired) electrons. The third-order valence-corrected chi connectivity index (χ3v) is 3.20. The third-order valence-electron chi connectivity index (χ3n) is 1.81. The van der Waals surface area contributed by atoms with Crippen molar-refractivity contribution < 1.29 is 5.11 Å². The summed E-state index contributed by atoms with van der Waals surface area (Å²) < 4.78 is 0.997. The van der Waals surface area contributed by atoms with Crippen LogP contribution < -0.4 is 0 Å². The van der Waals surface area contributed by atoms with Gasteiger partial charge in [-0.25, -0.2) is 0 Å². The Morgan fingerprint density at radius 1 is 1.50 bits per heavy atom. The fourth-order valence-corrected chi connectivity index (χ4v) is 2.23. The second-order valence-electron chi connectivity index (χ2n) is 2.77. The van der Waals surface area contributed by atoms with Crippen LogP contribution in [-0.2, 0) is 0 Å². The Kier molecular flexibility index (Phi) is 9.40. The number of thioether (sulfide) groups is 1. The molecule has 0 amide bonds. The standard InChI is InChI=1S/C10H10BrNOS.C2H6/c11-9-3-1-2-8(6-9)10(4-5-13)14-7-12;1-2/h1-3,6,10,13H,4-5H2;1-2H3. The van der Waals surface area contributed by atoms with E-state index in [-0.39, 0.29) is 11.9 Å². The van der Waals surface area contributed by atoms with Gasteiger partial charge in [-0.05, 0) is 35.9 Å². The number of aliphatic hydroxyl groups is 1. The number of hydrogen-bond donors (Lipinski definition) is 1. The predicted molar refractivity (Wildman–Crippen MR) is 73.1 cm³/mol. The van der Waals surface area contributed by atoms with Crippen LogP contribution in [0.15, 0.2) is 28.7 Å². The van der Waals surface area contributed by atoms with Crippen molar-refractivity contribution in [1.82, 2.24) is 0 Å². The van der Waals surface area contributed by atoms with Gasteiger partial charge in [0.25, 0.3) is 0 Å². The molecule has 1 aromatic carbocycles. The van der Waals surface area contributed by atoms with E-state index in [0.717, 1.165) is 10.0 Å². The Bertz CT molecular complexity index is 338. The highest BCUT2D eigenvalue weighted by atomic mass is 79.9. The number of halogens is 1. The lowest BCUT2D eigenvalue weighted by Gasteiger charge is -2.11. The van der Waals surface area contributed by atoms with Crippen LogP contribution in [0.2, 0.25) is 0 Å². The zero-order chi connectivity index (χ0) is 12.4. The van der Waals surface area contributed by atoms with Crippen LogP contribution in [-0.4, -0.2) is 11.7 Å². The van der Waals surface area contributed by atoms with Gasteiger partial charge in [0, 0.05) is 16.3 Å². The topological polar surface area (TPSA) is 44.0 Å². The van der Waals surface area contributed by atoms with Gasteiger partial charge < -0.3 is 5.11 Å². The van der Waals surface area contributed by atoms with E-state index in [1.807, 2.05) is 38.1 Å². The van der Waals surface area contributed by atoms with Crippen molar-refractivity contribution in [3.8, 4) is 5.40 Å². The second-order valence-corrected chi connectivity index (χ2v) is 4.67. The first-order chi connectivity index (χ1) is 7.77. The fourth-order valence-electron chi connectivity index (χ4n) is 1.18. The first kappa shape index (κ1) is 15.5. The molecular weight excluding hydrogens is 286 g/mol. The van der Waals surface area contributed by atoms with E-state index in [2.05, 4.69) is 21.3 Å². The van der Waals surface area contributed by atoms with E-state index in [0.29, 0.717) is 6.42 Å². The summed E-state index contributed by atoms with van der Waals surface area (Å²) in [5.41, 5.74) is 1.07. The molecule has 0 fully saturated rings. The summed E-state index contributed by atoms with van der Waals surface area (Å²) in [4.78, 5) is 0. The molecule has 0 spiro atoms. The molecular formula is C12H16BrNOS. The number of nitrogens with zero attached hydrogens (tertiary/aromatic N) is 1. The van der Waals surface area contributed by atoms with E-state index in [9.17, 15) is 0 Å². The fraction of sp³-hybridized carbons (Fsp3) is 0.417. The van der Waals surface area contributed by atoms with Crippen LogP contribution in [0.3, 0.4) is 0 Å². The Morgan fingerprint density at radius 2 is 2.19 bits per heavy atom. The summed E-state index contributed by atoms with van der Waals surface area (Å²) in [7, 11) is 0. The normalized spacial score (nSPS) is 10.9. The SMILES string of the molecule is CC.N#CSC(CCO)c1cccc(Br)c1. The second kappa shape index (κ2) is 9.71. The monoisotopic (exact) mass is 301 g/mol. The lowest BCUT2D eigenvalue weighted by Crippen LogP contribution is -1.96. The number of nitriles is 1. The predicted octanol–water partition coefficient (Wildman–Crippen LogP) is 4.11. The zero-order valence-electron chi connectivity index (χ0n) is 9.48. The van der Waals surface area contributed by atoms with Crippen LogP contribution in [0.4, 0.5) is 0 Å². The van der Waals surface area contributed by atoms with Gasteiger partial charge in [0.15, 0.2) is 0 Å². The average molecular weight is 302 g/mol. The Morgan fingerprint density at radius 3 is 2.69 bits per heavy atom. The summed E-state index contributed by atoms with van der Waals surface area (Å²) in [6.45, 7) is 4.10. The molecule has 0 aliphatic heterocycles. The first-order valence-electron chi connectivity index (χ1n) is 5.19. The van der Waals surface area contributed by atoms with Crippen LogP contribution >= 0.6 is 27.7 Å². The summed E-state index contributed by atoms with van der Waals surface area (Å²) in [6.07, 6.45) is 0.606. The maximum Gasteiger partial charge on any atom is 0.133 e. The van der Waals surface area contributed by atoms with Gasteiger partial charge in [-0.1, -0.05) is 41.9 Å². The third kappa shape index (κ3) is 5.55. The van der Waals surface area contributed by atoms with E-state index >= 15 is 0 Å². The minimum absolute atomic E-state index is 0.0579. The van der Waals surface area contributed by atoms with Gasteiger partial charge in [0.2, 0.25) is 0 Å². The van der Waals surface area contributed by atoms with Crippen molar-refractivity contribution >= 4 is 27.7 Å². The molecule has 0 saturated heterocycles. The van der Waals surface area contributed by atoms with Crippen molar-refractivity contribution in [2.24, 2.45) is 0 Å². The number of rotatable bonds is 4. The molecule has 1 rings (SSSR count). The van der Waals surface area contributed by atoms with Gasteiger partial charge in [-0.15, -0.1) is 0 Å². The van der Waals surface area contributed by atoms with Gasteiger partial charge in [0.1, 0.15) is 5.40 Å². The lowest BCUT2D eigenvalue weighted by molar-refractivity contribution is 0.287. The quantitative estimate of drug-likeness (QED) is 0.851. The molecule has 4 heteroatoms. The van der Waals surface area contributed by atoms with Crippen molar-refractivity contribution in [2.75, 3.05) is 6.61 Å². The molecule has 0 heterocycles. The van der Waals surface area contributed by atoms with E-state index < -0.39 is 0 Å².